The maximum Gasteiger partial charge on any atom is 0.148 e. The summed E-state index contributed by atoms with van der Waals surface area (Å²) in [4.78, 5) is 10.3. The molecule has 4 nitrogen and oxygen atoms in total. The Morgan fingerprint density at radius 1 is 0.625 bits per heavy atom. The second-order valence-corrected chi connectivity index (χ2v) is 18.6. The van der Waals surface area contributed by atoms with E-state index in [0.29, 0.717) is 44.9 Å². The molecule has 0 unspecified atom stereocenters. The number of hydrogen-bond acceptors (Lipinski definition) is 3. The van der Waals surface area contributed by atoms with Crippen molar-refractivity contribution in [3.05, 3.63) is 167 Å². The van der Waals surface area contributed by atoms with E-state index in [1.807, 2.05) is 105 Å². The Hall–Kier alpha value is -5.57. The monoisotopic (exact) mass is 1030 g/mol. The number of aromatic nitrogens is 3. The first-order valence-corrected chi connectivity index (χ1v) is 21.7. The van der Waals surface area contributed by atoms with Gasteiger partial charge in [0.15, 0.2) is 0 Å². The first-order valence-electron chi connectivity index (χ1n) is 26.7. The molecule has 0 amide bonds. The number of nitrogens with zero attached hydrogens (tertiary/aromatic N) is 3. The van der Waals surface area contributed by atoms with E-state index in [9.17, 15) is 5.11 Å². The molecule has 6 aromatic carbocycles. The predicted molar refractivity (Wildman–Crippen MR) is 266 cm³/mol. The molecule has 0 fully saturated rings. The summed E-state index contributed by atoms with van der Waals surface area (Å²) >= 11 is 0. The Bertz CT molecular complexity index is 3310. The van der Waals surface area contributed by atoms with Gasteiger partial charge >= 0.3 is 0 Å². The molecule has 2 aromatic heterocycles. The summed E-state index contributed by atoms with van der Waals surface area (Å²) < 4.78 is 87.8. The van der Waals surface area contributed by atoms with E-state index in [1.54, 1.807) is 36.5 Å². The Morgan fingerprint density at radius 2 is 1.34 bits per heavy atom. The maximum atomic E-state index is 12.4. The van der Waals surface area contributed by atoms with Crippen LogP contribution in [-0.2, 0) is 31.9 Å². The Balaban J connectivity index is 0.00000800. The molecular formula is C59H62N3OPt-. The second kappa shape index (κ2) is 18.1. The van der Waals surface area contributed by atoms with Crippen LogP contribution in [0.25, 0.3) is 72.7 Å². The van der Waals surface area contributed by atoms with Gasteiger partial charge in [0, 0.05) is 52.2 Å². The summed E-state index contributed by atoms with van der Waals surface area (Å²) in [7, 11) is 0. The van der Waals surface area contributed by atoms with Crippen LogP contribution >= 0.6 is 0 Å². The minimum Gasteiger partial charge on any atom is -0.507 e. The molecule has 1 N–H and O–H groups in total. The molecule has 330 valence electrons. The Labute approximate surface area is 410 Å². The van der Waals surface area contributed by atoms with Crippen LogP contribution in [0.5, 0.6) is 5.75 Å². The van der Waals surface area contributed by atoms with Crippen molar-refractivity contribution in [3.8, 4) is 67.5 Å². The summed E-state index contributed by atoms with van der Waals surface area (Å²) in [6, 6.07) is 43.0. The van der Waals surface area contributed by atoms with E-state index >= 15 is 0 Å². The van der Waals surface area contributed by atoms with Crippen molar-refractivity contribution in [2.75, 3.05) is 0 Å². The van der Waals surface area contributed by atoms with Crippen LogP contribution in [0.1, 0.15) is 142 Å². The summed E-state index contributed by atoms with van der Waals surface area (Å²) in [6.45, 7) is 7.89. The van der Waals surface area contributed by atoms with Crippen molar-refractivity contribution in [1.82, 2.24) is 14.5 Å². The number of pyridine rings is 1. The molecule has 0 spiro atoms. The zero-order valence-electron chi connectivity index (χ0n) is 48.0. The molecule has 0 radical (unpaired) electrons. The number of phenols is 1. The van der Waals surface area contributed by atoms with Crippen molar-refractivity contribution in [2.24, 2.45) is 0 Å². The van der Waals surface area contributed by atoms with Gasteiger partial charge < -0.3 is 5.11 Å². The first-order chi connectivity index (χ1) is 33.9. The molecule has 64 heavy (non-hydrogen) atoms. The van der Waals surface area contributed by atoms with E-state index in [2.05, 4.69) is 52.8 Å². The van der Waals surface area contributed by atoms with E-state index in [-0.39, 0.29) is 49.6 Å². The van der Waals surface area contributed by atoms with E-state index in [4.69, 9.17) is 23.7 Å². The average molecular weight is 1030 g/mol. The third kappa shape index (κ3) is 9.18. The normalized spacial score (nSPS) is 15.2. The number of benzene rings is 6. The quantitative estimate of drug-likeness (QED) is 0.147. The predicted octanol–water partition coefficient (Wildman–Crippen LogP) is 16.2. The summed E-state index contributed by atoms with van der Waals surface area (Å²) in [6.07, 6.45) is 1.79. The van der Waals surface area contributed by atoms with Gasteiger partial charge in [0.05, 0.1) is 22.3 Å². The van der Waals surface area contributed by atoms with Crippen molar-refractivity contribution >= 4 is 11.0 Å². The number of para-hydroxylation sites is 1. The van der Waals surface area contributed by atoms with Crippen LogP contribution in [-0.4, -0.2) is 19.6 Å². The molecule has 8 rings (SSSR count). The molecule has 0 saturated heterocycles. The Kier molecular flexibility index (Phi) is 9.85. The standard InChI is InChI=1S/C59H62N3O.Pt/c1-36(2)39-21-23-40(24-22-39)42-27-28-60-52(34-42)45-29-44(30-47(31-45)59(10,11)12)48-19-16-20-54-55(48)61-57(51-33-43(37(3)4)32-49(38(5)6)56(51)63)62(54)53-26-25-46(58(7,8)9)35-50(53)41-17-14-13-15-18-41;/h13-28,30-38,63H,1-12H3;/q-1;/i7D3,8D3,9D3,36D;. The number of phenolic OH excluding ortho intramolecular Hbond substituents is 1. The van der Waals surface area contributed by atoms with Gasteiger partial charge in [-0.3, -0.25) is 9.55 Å². The van der Waals surface area contributed by atoms with Gasteiger partial charge in [0.1, 0.15) is 11.6 Å². The van der Waals surface area contributed by atoms with Gasteiger partial charge in [-0.05, 0) is 97.8 Å². The van der Waals surface area contributed by atoms with Crippen LogP contribution < -0.4 is 0 Å². The molecule has 0 aliphatic heterocycles. The first kappa shape index (κ1) is 34.8. The second-order valence-electron chi connectivity index (χ2n) is 18.6. The molecule has 5 heteroatoms. The molecule has 0 bridgehead atoms. The minimum atomic E-state index is -3.49. The van der Waals surface area contributed by atoms with Gasteiger partial charge in [-0.25, -0.2) is 4.98 Å². The zero-order valence-corrected chi connectivity index (χ0v) is 40.2. The topological polar surface area (TPSA) is 50.9 Å². The van der Waals surface area contributed by atoms with Gasteiger partial charge in [-0.1, -0.05) is 179 Å². The molecule has 0 saturated carbocycles. The van der Waals surface area contributed by atoms with Crippen molar-refractivity contribution in [1.29, 1.82) is 0 Å². The van der Waals surface area contributed by atoms with Crippen molar-refractivity contribution in [3.63, 3.8) is 0 Å². The van der Waals surface area contributed by atoms with Crippen molar-refractivity contribution in [2.45, 2.75) is 111 Å². The number of imidazole rings is 1. The van der Waals surface area contributed by atoms with Crippen LogP contribution in [0.2, 0.25) is 0 Å². The fourth-order valence-electron chi connectivity index (χ4n) is 8.22. The zero-order chi connectivity index (χ0) is 53.4. The molecule has 0 atom stereocenters. The van der Waals surface area contributed by atoms with E-state index < -0.39 is 31.9 Å². The third-order valence-corrected chi connectivity index (χ3v) is 12.0. The van der Waals surface area contributed by atoms with Gasteiger partial charge in [0.2, 0.25) is 0 Å². The molecule has 0 aliphatic carbocycles. The smallest absolute Gasteiger partial charge is 0.148 e. The van der Waals surface area contributed by atoms with Crippen LogP contribution in [0.3, 0.4) is 0 Å². The summed E-state index contributed by atoms with van der Waals surface area (Å²) in [5.74, 6) is -0.361. The number of hydrogen-bond donors (Lipinski definition) is 1. The minimum absolute atomic E-state index is 0. The number of rotatable bonds is 9. The summed E-state index contributed by atoms with van der Waals surface area (Å²) in [5.41, 5.74) is 7.47. The molecular weight excluding hydrogens is 962 g/mol. The SMILES string of the molecule is [2H]C(C)(C)c1ccc(-c2ccnc(-c3[c-]c(-c4cccc5c4nc(-c4cc(C(C)C)cc(C(C)C)c4O)n5-c4ccc(C(C([2H])([2H])[2H])(C([2H])([2H])[2H])C([2H])([2H])[2H])cc4-c4ccccc4)cc(C(C)(C)C)c3)c2)cc1.[Pt]. The molecule has 2 heterocycles. The Morgan fingerprint density at radius 3 is 2.00 bits per heavy atom. The van der Waals surface area contributed by atoms with Crippen molar-refractivity contribution < 1.29 is 39.9 Å². The number of fused-ring (bicyclic) bond motifs is 1. The van der Waals surface area contributed by atoms with Gasteiger partial charge in [-0.2, -0.15) is 0 Å². The van der Waals surface area contributed by atoms with Gasteiger partial charge in [-0.15, -0.1) is 29.3 Å². The third-order valence-electron chi connectivity index (χ3n) is 12.0. The van der Waals surface area contributed by atoms with Crippen LogP contribution in [0.15, 0.2) is 134 Å². The van der Waals surface area contributed by atoms with Gasteiger partial charge in [0.25, 0.3) is 0 Å². The fraction of sp³-hybridized carbons (Fsp3) is 0.288. The van der Waals surface area contributed by atoms with E-state index in [1.165, 1.54) is 12.1 Å². The van der Waals surface area contributed by atoms with E-state index in [0.717, 1.165) is 50.1 Å². The fourth-order valence-corrected chi connectivity index (χ4v) is 8.22. The molecule has 8 aromatic rings. The summed E-state index contributed by atoms with van der Waals surface area (Å²) in [5, 5.41) is 12.4. The van der Waals surface area contributed by atoms with Crippen LogP contribution in [0.4, 0.5) is 0 Å². The van der Waals surface area contributed by atoms with Crippen LogP contribution in [0, 0.1) is 6.07 Å². The molecule has 0 aliphatic rings. The number of aromatic hydroxyl groups is 1. The largest absolute Gasteiger partial charge is 0.507 e. The maximum absolute atomic E-state index is 12.4. The average Bonchev–Trinajstić information content (AvgIpc) is 3.69.